The van der Waals surface area contributed by atoms with Crippen molar-refractivity contribution in [2.24, 2.45) is 0 Å². The highest BCUT2D eigenvalue weighted by Gasteiger charge is 2.09. The molecule has 0 radical (unpaired) electrons. The number of nitrogens with one attached hydrogen (secondary N) is 1. The van der Waals surface area contributed by atoms with Gasteiger partial charge in [-0.05, 0) is 23.8 Å². The Balaban J connectivity index is 1.65. The maximum absolute atomic E-state index is 5.32. The number of hydrogen-bond acceptors (Lipinski definition) is 7. The lowest BCUT2D eigenvalue weighted by atomic mass is 10.1. The Morgan fingerprint density at radius 3 is 2.25 bits per heavy atom. The van der Waals surface area contributed by atoms with Crippen molar-refractivity contribution in [3.8, 4) is 28.4 Å². The minimum Gasteiger partial charge on any atom is -0.497 e. The molecule has 7 heteroatoms. The SMILES string of the molecule is COc1cc(Nc2nc3ccc(-c4cncc(OC)c4)cc3s2)cc(OC)c1. The van der Waals surface area contributed by atoms with E-state index in [2.05, 4.69) is 21.4 Å². The van der Waals surface area contributed by atoms with E-state index in [1.165, 1.54) is 0 Å². The summed E-state index contributed by atoms with van der Waals surface area (Å²) in [6, 6.07) is 13.8. The van der Waals surface area contributed by atoms with Gasteiger partial charge >= 0.3 is 0 Å². The molecule has 28 heavy (non-hydrogen) atoms. The average molecular weight is 393 g/mol. The molecule has 142 valence electrons. The predicted molar refractivity (Wildman–Crippen MR) is 112 cm³/mol. The van der Waals surface area contributed by atoms with Gasteiger partial charge < -0.3 is 19.5 Å². The smallest absolute Gasteiger partial charge is 0.188 e. The monoisotopic (exact) mass is 393 g/mol. The van der Waals surface area contributed by atoms with Crippen LogP contribution in [-0.4, -0.2) is 31.3 Å². The molecule has 0 fully saturated rings. The third-order valence-electron chi connectivity index (χ3n) is 4.27. The summed E-state index contributed by atoms with van der Waals surface area (Å²) >= 11 is 1.58. The van der Waals surface area contributed by atoms with Crippen molar-refractivity contribution in [1.82, 2.24) is 9.97 Å². The third-order valence-corrected chi connectivity index (χ3v) is 5.21. The quantitative estimate of drug-likeness (QED) is 0.490. The van der Waals surface area contributed by atoms with Crippen molar-refractivity contribution < 1.29 is 14.2 Å². The molecule has 0 bridgehead atoms. The Bertz CT molecular complexity index is 1100. The minimum absolute atomic E-state index is 0.718. The molecule has 0 aliphatic carbocycles. The summed E-state index contributed by atoms with van der Waals surface area (Å²) in [5, 5.41) is 4.13. The van der Waals surface area contributed by atoms with Crippen LogP contribution in [0, 0.1) is 0 Å². The van der Waals surface area contributed by atoms with Crippen LogP contribution in [0.4, 0.5) is 10.8 Å². The zero-order valence-electron chi connectivity index (χ0n) is 15.7. The fourth-order valence-electron chi connectivity index (χ4n) is 2.85. The highest BCUT2D eigenvalue weighted by Crippen LogP contribution is 2.34. The zero-order valence-corrected chi connectivity index (χ0v) is 16.5. The average Bonchev–Trinajstić information content (AvgIpc) is 3.14. The van der Waals surface area contributed by atoms with Gasteiger partial charge in [-0.1, -0.05) is 17.4 Å². The van der Waals surface area contributed by atoms with Crippen LogP contribution in [0.5, 0.6) is 17.2 Å². The number of fused-ring (bicyclic) bond motifs is 1. The van der Waals surface area contributed by atoms with Crippen molar-refractivity contribution >= 4 is 32.4 Å². The van der Waals surface area contributed by atoms with Crippen molar-refractivity contribution in [2.75, 3.05) is 26.6 Å². The van der Waals surface area contributed by atoms with Crippen LogP contribution in [-0.2, 0) is 0 Å². The number of benzene rings is 2. The van der Waals surface area contributed by atoms with Gasteiger partial charge in [0.15, 0.2) is 5.13 Å². The van der Waals surface area contributed by atoms with Gasteiger partial charge in [0.05, 0.1) is 37.7 Å². The van der Waals surface area contributed by atoms with E-state index in [-0.39, 0.29) is 0 Å². The fourth-order valence-corrected chi connectivity index (χ4v) is 3.77. The van der Waals surface area contributed by atoms with Gasteiger partial charge in [-0.15, -0.1) is 0 Å². The van der Waals surface area contributed by atoms with Gasteiger partial charge in [-0.25, -0.2) is 4.98 Å². The van der Waals surface area contributed by atoms with E-state index in [1.807, 2.05) is 42.6 Å². The van der Waals surface area contributed by atoms with Crippen LogP contribution in [0.15, 0.2) is 54.9 Å². The Labute approximate surface area is 166 Å². The number of anilines is 2. The summed E-state index contributed by atoms with van der Waals surface area (Å²) in [4.78, 5) is 8.91. The molecule has 2 aromatic carbocycles. The molecule has 4 aromatic rings. The van der Waals surface area contributed by atoms with Crippen LogP contribution in [0.2, 0.25) is 0 Å². The number of methoxy groups -OCH3 is 3. The summed E-state index contributed by atoms with van der Waals surface area (Å²) in [5.74, 6) is 2.17. The predicted octanol–water partition coefficient (Wildman–Crippen LogP) is 5.13. The molecule has 0 saturated heterocycles. The number of aromatic nitrogens is 2. The highest BCUT2D eigenvalue weighted by atomic mass is 32.1. The van der Waals surface area contributed by atoms with Crippen molar-refractivity contribution in [3.63, 3.8) is 0 Å². The first-order chi connectivity index (χ1) is 13.7. The number of hydrogen-bond donors (Lipinski definition) is 1. The first-order valence-electron chi connectivity index (χ1n) is 8.58. The molecule has 0 atom stereocenters. The standard InChI is InChI=1S/C21H19N3O3S/c1-25-16-8-15(9-17(10-16)26-2)23-21-24-19-5-4-13(7-20(19)28-21)14-6-18(27-3)12-22-11-14/h4-12H,1-3H3,(H,23,24). The molecule has 0 amide bonds. The first kappa shape index (κ1) is 18.1. The van der Waals surface area contributed by atoms with Crippen LogP contribution in [0.25, 0.3) is 21.3 Å². The number of nitrogens with zero attached hydrogens (tertiary/aromatic N) is 2. The van der Waals surface area contributed by atoms with E-state index in [1.54, 1.807) is 38.9 Å². The lowest BCUT2D eigenvalue weighted by molar-refractivity contribution is 0.395. The van der Waals surface area contributed by atoms with E-state index in [0.29, 0.717) is 0 Å². The highest BCUT2D eigenvalue weighted by molar-refractivity contribution is 7.22. The van der Waals surface area contributed by atoms with Crippen molar-refractivity contribution in [1.29, 1.82) is 0 Å². The van der Waals surface area contributed by atoms with Crippen LogP contribution < -0.4 is 19.5 Å². The molecular weight excluding hydrogens is 374 g/mol. The number of thiazole rings is 1. The van der Waals surface area contributed by atoms with E-state index < -0.39 is 0 Å². The molecule has 2 heterocycles. The van der Waals surface area contributed by atoms with Crippen LogP contribution in [0.1, 0.15) is 0 Å². The summed E-state index contributed by atoms with van der Waals surface area (Å²) < 4.78 is 17.0. The largest absolute Gasteiger partial charge is 0.497 e. The second-order valence-corrected chi connectivity index (χ2v) is 7.07. The molecule has 0 aliphatic rings. The molecule has 0 aliphatic heterocycles. The Hall–Kier alpha value is -3.32. The second kappa shape index (κ2) is 7.74. The normalized spacial score (nSPS) is 10.7. The summed E-state index contributed by atoms with van der Waals surface area (Å²) in [6.07, 6.45) is 3.52. The number of rotatable bonds is 6. The summed E-state index contributed by atoms with van der Waals surface area (Å²) in [6.45, 7) is 0. The molecule has 1 N–H and O–H groups in total. The molecule has 2 aromatic heterocycles. The van der Waals surface area contributed by atoms with Crippen molar-refractivity contribution in [2.45, 2.75) is 0 Å². The first-order valence-corrected chi connectivity index (χ1v) is 9.40. The topological polar surface area (TPSA) is 65.5 Å². The van der Waals surface area contributed by atoms with Gasteiger partial charge in [0, 0.05) is 35.6 Å². The Kier molecular flexibility index (Phi) is 4.99. The molecule has 0 saturated carbocycles. The number of pyridine rings is 1. The van der Waals surface area contributed by atoms with Crippen LogP contribution in [0.3, 0.4) is 0 Å². The fraction of sp³-hybridized carbons (Fsp3) is 0.143. The second-order valence-electron chi connectivity index (χ2n) is 6.04. The summed E-state index contributed by atoms with van der Waals surface area (Å²) in [5.41, 5.74) is 3.85. The molecular formula is C21H19N3O3S. The maximum Gasteiger partial charge on any atom is 0.188 e. The van der Waals surface area contributed by atoms with Gasteiger partial charge in [-0.2, -0.15) is 0 Å². The zero-order chi connectivity index (χ0) is 19.5. The van der Waals surface area contributed by atoms with Gasteiger partial charge in [0.25, 0.3) is 0 Å². The van der Waals surface area contributed by atoms with E-state index in [4.69, 9.17) is 14.2 Å². The van der Waals surface area contributed by atoms with E-state index in [0.717, 1.165) is 49.4 Å². The molecule has 4 rings (SSSR count). The molecule has 0 spiro atoms. The lowest BCUT2D eigenvalue weighted by Gasteiger charge is -2.08. The molecule has 6 nitrogen and oxygen atoms in total. The lowest BCUT2D eigenvalue weighted by Crippen LogP contribution is -1.93. The summed E-state index contributed by atoms with van der Waals surface area (Å²) in [7, 11) is 4.90. The van der Waals surface area contributed by atoms with Gasteiger partial charge in [0.2, 0.25) is 0 Å². The maximum atomic E-state index is 5.32. The third kappa shape index (κ3) is 3.70. The van der Waals surface area contributed by atoms with Crippen LogP contribution >= 0.6 is 11.3 Å². The molecule has 0 unspecified atom stereocenters. The van der Waals surface area contributed by atoms with Gasteiger partial charge in [-0.3, -0.25) is 4.98 Å². The minimum atomic E-state index is 0.718. The van der Waals surface area contributed by atoms with E-state index >= 15 is 0 Å². The van der Waals surface area contributed by atoms with E-state index in [9.17, 15) is 0 Å². The Morgan fingerprint density at radius 2 is 1.54 bits per heavy atom. The van der Waals surface area contributed by atoms with Gasteiger partial charge in [0.1, 0.15) is 17.2 Å². The Morgan fingerprint density at radius 1 is 0.786 bits per heavy atom. The number of ether oxygens (including phenoxy) is 3. The van der Waals surface area contributed by atoms with Crippen molar-refractivity contribution in [3.05, 3.63) is 54.9 Å².